The molecule has 0 spiro atoms. The van der Waals surface area contributed by atoms with Gasteiger partial charge in [0.05, 0.1) is 0 Å². The predicted octanol–water partition coefficient (Wildman–Crippen LogP) is 0.728. The fourth-order valence-electron chi connectivity index (χ4n) is 2.08. The number of nitrogens with zero attached hydrogens (tertiary/aromatic N) is 4. The van der Waals surface area contributed by atoms with Crippen LogP contribution < -0.4 is 9.18 Å². The van der Waals surface area contributed by atoms with Gasteiger partial charge < -0.3 is 0 Å². The first-order chi connectivity index (χ1) is 10.5. The Balaban J connectivity index is 2.37. The Kier molecular flexibility index (Phi) is 5.35. The van der Waals surface area contributed by atoms with E-state index in [0.717, 1.165) is 31.7 Å². The summed E-state index contributed by atoms with van der Waals surface area (Å²) in [5.74, 6) is 0. The van der Waals surface area contributed by atoms with Gasteiger partial charge >= 0.3 is 142 Å². The van der Waals surface area contributed by atoms with E-state index in [0.29, 0.717) is 11.1 Å². The van der Waals surface area contributed by atoms with Crippen LogP contribution in [0, 0.1) is 50.4 Å². The molecule has 0 radical (unpaired) electrons. The standard InChI is InChI=1S/C16H14N4Se2/c1-9-5-11(3)19-15(13(9)7-17)21-22-16-14(8-18)10(2)6-12(4)20-16/h5-6H,1-4H3. The van der Waals surface area contributed by atoms with Gasteiger partial charge in [0.2, 0.25) is 0 Å². The van der Waals surface area contributed by atoms with Crippen molar-refractivity contribution in [2.24, 2.45) is 0 Å². The van der Waals surface area contributed by atoms with Gasteiger partial charge in [-0.15, -0.1) is 0 Å². The second-order valence-corrected chi connectivity index (χ2v) is 10.9. The van der Waals surface area contributed by atoms with E-state index < -0.39 is 0 Å². The quantitative estimate of drug-likeness (QED) is 0.687. The normalized spacial score (nSPS) is 10.1. The molecule has 0 N–H and O–H groups in total. The third-order valence-corrected chi connectivity index (χ3v) is 9.47. The summed E-state index contributed by atoms with van der Waals surface area (Å²) in [4.78, 5) is 9.06. The van der Waals surface area contributed by atoms with E-state index in [1.807, 2.05) is 39.8 Å². The minimum absolute atomic E-state index is 0.0354. The van der Waals surface area contributed by atoms with E-state index in [1.54, 1.807) is 0 Å². The molecule has 22 heavy (non-hydrogen) atoms. The molecule has 0 aliphatic heterocycles. The monoisotopic (exact) mass is 422 g/mol. The van der Waals surface area contributed by atoms with Crippen molar-refractivity contribution in [2.45, 2.75) is 27.7 Å². The van der Waals surface area contributed by atoms with Crippen LogP contribution >= 0.6 is 0 Å². The molecule has 2 aromatic heterocycles. The Labute approximate surface area is 141 Å². The van der Waals surface area contributed by atoms with Gasteiger partial charge in [0.1, 0.15) is 0 Å². The zero-order valence-corrected chi connectivity index (χ0v) is 16.2. The summed E-state index contributed by atoms with van der Waals surface area (Å²) in [5.41, 5.74) is 5.15. The van der Waals surface area contributed by atoms with Gasteiger partial charge in [-0.3, -0.25) is 0 Å². The van der Waals surface area contributed by atoms with E-state index in [9.17, 15) is 10.5 Å². The zero-order chi connectivity index (χ0) is 16.3. The van der Waals surface area contributed by atoms with Crippen molar-refractivity contribution < 1.29 is 0 Å². The van der Waals surface area contributed by atoms with E-state index in [4.69, 9.17) is 0 Å². The summed E-state index contributed by atoms with van der Waals surface area (Å²) in [6.07, 6.45) is 0. The molecule has 0 unspecified atom stereocenters. The van der Waals surface area contributed by atoms with E-state index >= 15 is 0 Å². The number of aryl methyl sites for hydroxylation is 4. The molecule has 2 heterocycles. The van der Waals surface area contributed by atoms with Gasteiger partial charge in [-0.2, -0.15) is 0 Å². The van der Waals surface area contributed by atoms with E-state index in [2.05, 4.69) is 22.1 Å². The fraction of sp³-hybridized carbons (Fsp3) is 0.250. The number of nitriles is 2. The van der Waals surface area contributed by atoms with Crippen molar-refractivity contribution in [2.75, 3.05) is 0 Å². The Morgan fingerprint density at radius 1 is 0.773 bits per heavy atom. The first-order valence-corrected chi connectivity index (χ1v) is 12.6. The average Bonchev–Trinajstić information content (AvgIpc) is 2.44. The SMILES string of the molecule is Cc1cc(C)c(C#N)c([Se][Se]c2nc(C)cc(C)c2C#N)n1. The van der Waals surface area contributed by atoms with Crippen molar-refractivity contribution in [1.29, 1.82) is 10.5 Å². The van der Waals surface area contributed by atoms with Gasteiger partial charge in [-0.25, -0.2) is 0 Å². The van der Waals surface area contributed by atoms with Gasteiger partial charge in [-0.05, 0) is 0 Å². The predicted molar refractivity (Wildman–Crippen MR) is 87.6 cm³/mol. The number of rotatable bonds is 3. The molecule has 0 fully saturated rings. The van der Waals surface area contributed by atoms with Crippen molar-refractivity contribution in [3.63, 3.8) is 0 Å². The van der Waals surface area contributed by atoms with Crippen molar-refractivity contribution in [1.82, 2.24) is 9.97 Å². The summed E-state index contributed by atoms with van der Waals surface area (Å²) in [6, 6.07) is 8.38. The summed E-state index contributed by atoms with van der Waals surface area (Å²) < 4.78 is 1.75. The Morgan fingerprint density at radius 2 is 1.14 bits per heavy atom. The van der Waals surface area contributed by atoms with Crippen LogP contribution in [0.4, 0.5) is 0 Å². The number of hydrogen-bond acceptors (Lipinski definition) is 4. The summed E-state index contributed by atoms with van der Waals surface area (Å²) in [7, 11) is 0. The molecule has 6 heteroatoms. The van der Waals surface area contributed by atoms with E-state index in [-0.39, 0.29) is 26.3 Å². The molecule has 0 aliphatic rings. The topological polar surface area (TPSA) is 73.4 Å². The fourth-order valence-corrected chi connectivity index (χ4v) is 8.74. The maximum atomic E-state index is 9.34. The third kappa shape index (κ3) is 3.55. The average molecular weight is 420 g/mol. The second kappa shape index (κ2) is 7.05. The Morgan fingerprint density at radius 3 is 1.45 bits per heavy atom. The first kappa shape index (κ1) is 16.7. The van der Waals surface area contributed by atoms with Gasteiger partial charge in [0, 0.05) is 0 Å². The summed E-state index contributed by atoms with van der Waals surface area (Å²) in [5, 5.41) is 18.7. The number of hydrogen-bond donors (Lipinski definition) is 0. The van der Waals surface area contributed by atoms with Gasteiger partial charge in [0.15, 0.2) is 0 Å². The van der Waals surface area contributed by atoms with Crippen LogP contribution in [0.25, 0.3) is 0 Å². The maximum absolute atomic E-state index is 9.34. The molecule has 2 rings (SSSR count). The van der Waals surface area contributed by atoms with Crippen LogP contribution in [0.2, 0.25) is 0 Å². The zero-order valence-electron chi connectivity index (χ0n) is 12.8. The van der Waals surface area contributed by atoms with Crippen LogP contribution in [-0.2, 0) is 0 Å². The summed E-state index contributed by atoms with van der Waals surface area (Å²) >= 11 is 0.0708. The van der Waals surface area contributed by atoms with Crippen LogP contribution in [0.3, 0.4) is 0 Å². The van der Waals surface area contributed by atoms with Crippen LogP contribution in [0.5, 0.6) is 0 Å². The minimum atomic E-state index is 0.0354. The summed E-state index contributed by atoms with van der Waals surface area (Å²) in [6.45, 7) is 7.76. The third-order valence-electron chi connectivity index (χ3n) is 3.05. The molecule has 0 bridgehead atoms. The van der Waals surface area contributed by atoms with Crippen LogP contribution in [-0.4, -0.2) is 36.2 Å². The Hall–Kier alpha value is -1.68. The molecule has 0 atom stereocenters. The molecule has 0 aliphatic carbocycles. The number of aromatic nitrogens is 2. The molecule has 0 aromatic carbocycles. The Bertz CT molecular complexity index is 747. The molecule has 110 valence electrons. The van der Waals surface area contributed by atoms with Gasteiger partial charge in [0.25, 0.3) is 0 Å². The number of pyridine rings is 2. The van der Waals surface area contributed by atoms with Crippen LogP contribution in [0.15, 0.2) is 12.1 Å². The van der Waals surface area contributed by atoms with Crippen molar-refractivity contribution >= 4 is 35.4 Å². The molecular weight excluding hydrogens is 406 g/mol. The molecular formula is C16H14N4Se2. The molecule has 2 aromatic rings. The van der Waals surface area contributed by atoms with Gasteiger partial charge in [-0.1, -0.05) is 0 Å². The molecule has 0 saturated heterocycles. The van der Waals surface area contributed by atoms with Crippen molar-refractivity contribution in [3.05, 3.63) is 45.8 Å². The van der Waals surface area contributed by atoms with E-state index in [1.165, 1.54) is 0 Å². The second-order valence-electron chi connectivity index (χ2n) is 4.91. The van der Waals surface area contributed by atoms with Crippen LogP contribution in [0.1, 0.15) is 33.6 Å². The first-order valence-electron chi connectivity index (χ1n) is 6.57. The molecule has 4 nitrogen and oxygen atoms in total. The van der Waals surface area contributed by atoms with Crippen molar-refractivity contribution in [3.8, 4) is 12.1 Å². The molecule has 0 saturated carbocycles. The molecule has 0 amide bonds.